The molecule has 0 saturated heterocycles. The first-order valence-electron chi connectivity index (χ1n) is 6.63. The summed E-state index contributed by atoms with van der Waals surface area (Å²) in [7, 11) is -2.08. The van der Waals surface area contributed by atoms with E-state index in [9.17, 15) is 13.6 Å². The van der Waals surface area contributed by atoms with E-state index in [1.807, 2.05) is 13.1 Å². The van der Waals surface area contributed by atoms with Gasteiger partial charge in [0.15, 0.2) is 25.7 Å². The van der Waals surface area contributed by atoms with Crippen molar-refractivity contribution in [2.45, 2.75) is 51.9 Å². The van der Waals surface area contributed by atoms with Crippen molar-refractivity contribution in [1.29, 1.82) is 0 Å². The lowest BCUT2D eigenvalue weighted by molar-refractivity contribution is 0.0795. The molecule has 0 aliphatic heterocycles. The molecule has 1 rings (SSSR count). The van der Waals surface area contributed by atoms with Crippen molar-refractivity contribution in [3.05, 3.63) is 35.4 Å². The Bertz CT molecular complexity index is 507. The van der Waals surface area contributed by atoms with Crippen molar-refractivity contribution in [2.24, 2.45) is 0 Å². The quantitative estimate of drug-likeness (QED) is 0.602. The summed E-state index contributed by atoms with van der Waals surface area (Å²) in [6.07, 6.45) is -0.666. The van der Waals surface area contributed by atoms with Gasteiger partial charge in [-0.25, -0.2) is 8.78 Å². The van der Waals surface area contributed by atoms with E-state index >= 15 is 0 Å². The molecule has 0 saturated carbocycles. The van der Waals surface area contributed by atoms with Crippen LogP contribution in [-0.4, -0.2) is 20.2 Å². The SMILES string of the molecule is C[C@H](O[Si](C)(C)C(C)(C)C)C(=O)c1ccc(F)c(F)c1. The summed E-state index contributed by atoms with van der Waals surface area (Å²) >= 11 is 0. The Balaban J connectivity index is 2.90. The van der Waals surface area contributed by atoms with Gasteiger partial charge in [0.25, 0.3) is 0 Å². The van der Waals surface area contributed by atoms with E-state index in [1.165, 1.54) is 6.07 Å². The third-order valence-corrected chi connectivity index (χ3v) is 8.41. The number of hydrogen-bond acceptors (Lipinski definition) is 2. The Labute approximate surface area is 120 Å². The predicted octanol–water partition coefficient (Wildman–Crippen LogP) is 4.56. The van der Waals surface area contributed by atoms with Gasteiger partial charge >= 0.3 is 0 Å². The topological polar surface area (TPSA) is 26.3 Å². The monoisotopic (exact) mass is 300 g/mol. The number of carbonyl (C=O) groups is 1. The van der Waals surface area contributed by atoms with E-state index < -0.39 is 26.1 Å². The van der Waals surface area contributed by atoms with Crippen LogP contribution >= 0.6 is 0 Å². The number of halogens is 2. The molecule has 0 radical (unpaired) electrons. The number of hydrogen-bond donors (Lipinski definition) is 0. The molecule has 2 nitrogen and oxygen atoms in total. The average Bonchev–Trinajstić information content (AvgIpc) is 2.29. The second-order valence-corrected chi connectivity index (χ2v) is 11.3. The fourth-order valence-electron chi connectivity index (χ4n) is 1.56. The molecule has 0 N–H and O–H groups in total. The van der Waals surface area contributed by atoms with Gasteiger partial charge in [-0.15, -0.1) is 0 Å². The van der Waals surface area contributed by atoms with Crippen LogP contribution in [0.25, 0.3) is 0 Å². The number of ketones is 1. The molecule has 0 fully saturated rings. The van der Waals surface area contributed by atoms with Gasteiger partial charge in [0, 0.05) is 5.56 Å². The van der Waals surface area contributed by atoms with Crippen LogP contribution in [0.15, 0.2) is 18.2 Å². The van der Waals surface area contributed by atoms with Gasteiger partial charge in [-0.3, -0.25) is 4.79 Å². The summed E-state index contributed by atoms with van der Waals surface area (Å²) in [5, 5.41) is -0.0183. The number of rotatable bonds is 4. The summed E-state index contributed by atoms with van der Waals surface area (Å²) in [6, 6.07) is 3.16. The van der Waals surface area contributed by atoms with E-state index in [-0.39, 0.29) is 16.4 Å². The Hall–Kier alpha value is -1.07. The van der Waals surface area contributed by atoms with E-state index in [1.54, 1.807) is 6.92 Å². The molecule has 112 valence electrons. The Morgan fingerprint density at radius 2 is 1.75 bits per heavy atom. The van der Waals surface area contributed by atoms with E-state index in [0.29, 0.717) is 0 Å². The fourth-order valence-corrected chi connectivity index (χ4v) is 2.90. The van der Waals surface area contributed by atoms with Crippen LogP contribution in [0.2, 0.25) is 18.1 Å². The van der Waals surface area contributed by atoms with Crippen LogP contribution in [0, 0.1) is 11.6 Å². The van der Waals surface area contributed by atoms with E-state index in [4.69, 9.17) is 4.43 Å². The first-order chi connectivity index (χ1) is 8.95. The molecule has 0 spiro atoms. The zero-order valence-electron chi connectivity index (χ0n) is 12.9. The summed E-state index contributed by atoms with van der Waals surface area (Å²) in [5.74, 6) is -2.30. The van der Waals surface area contributed by atoms with Crippen molar-refractivity contribution in [3.8, 4) is 0 Å². The molecule has 0 amide bonds. The Morgan fingerprint density at radius 3 is 2.20 bits per heavy atom. The van der Waals surface area contributed by atoms with Crippen LogP contribution in [0.4, 0.5) is 8.78 Å². The lowest BCUT2D eigenvalue weighted by atomic mass is 10.1. The third kappa shape index (κ3) is 3.73. The standard InChI is InChI=1S/C15H22F2O2Si/c1-10(19-20(5,6)15(2,3)4)14(18)11-7-8-12(16)13(17)9-11/h7-10H,1-6H3/t10-/m0/s1. The number of carbonyl (C=O) groups excluding carboxylic acids is 1. The van der Waals surface area contributed by atoms with Crippen LogP contribution in [-0.2, 0) is 4.43 Å². The van der Waals surface area contributed by atoms with Gasteiger partial charge in [0.2, 0.25) is 0 Å². The maximum absolute atomic E-state index is 13.2. The normalized spacial score (nSPS) is 14.2. The zero-order valence-corrected chi connectivity index (χ0v) is 13.9. The van der Waals surface area contributed by atoms with Crippen LogP contribution in [0.1, 0.15) is 38.1 Å². The predicted molar refractivity (Wildman–Crippen MR) is 78.4 cm³/mol. The highest BCUT2D eigenvalue weighted by atomic mass is 28.4. The van der Waals surface area contributed by atoms with Gasteiger partial charge in [-0.2, -0.15) is 0 Å². The largest absolute Gasteiger partial charge is 0.407 e. The van der Waals surface area contributed by atoms with Crippen LogP contribution in [0.3, 0.4) is 0 Å². The Kier molecular flexibility index (Phi) is 4.87. The smallest absolute Gasteiger partial charge is 0.193 e. The van der Waals surface area contributed by atoms with Crippen molar-refractivity contribution in [1.82, 2.24) is 0 Å². The van der Waals surface area contributed by atoms with Crippen molar-refractivity contribution < 1.29 is 18.0 Å². The average molecular weight is 300 g/mol. The third-order valence-electron chi connectivity index (χ3n) is 3.85. The lowest BCUT2D eigenvalue weighted by Crippen LogP contribution is -2.45. The van der Waals surface area contributed by atoms with Crippen LogP contribution < -0.4 is 0 Å². The molecule has 0 aliphatic rings. The fraction of sp³-hybridized carbons (Fsp3) is 0.533. The highest BCUT2D eigenvalue weighted by Gasteiger charge is 2.39. The molecule has 1 aromatic rings. The molecular weight excluding hydrogens is 278 g/mol. The second-order valence-electron chi connectivity index (χ2n) is 6.51. The van der Waals surface area contributed by atoms with Crippen molar-refractivity contribution >= 4 is 14.1 Å². The molecule has 1 aromatic carbocycles. The molecule has 0 heterocycles. The Morgan fingerprint density at radius 1 is 1.20 bits per heavy atom. The first-order valence-corrected chi connectivity index (χ1v) is 9.53. The van der Waals surface area contributed by atoms with Crippen LogP contribution in [0.5, 0.6) is 0 Å². The summed E-state index contributed by atoms with van der Waals surface area (Å²) in [6.45, 7) is 12.0. The van der Waals surface area contributed by atoms with Gasteiger partial charge in [0.1, 0.15) is 6.10 Å². The second kappa shape index (κ2) is 5.74. The lowest BCUT2D eigenvalue weighted by Gasteiger charge is -2.38. The highest BCUT2D eigenvalue weighted by molar-refractivity contribution is 6.74. The molecule has 0 aromatic heterocycles. The van der Waals surface area contributed by atoms with E-state index in [0.717, 1.165) is 12.1 Å². The van der Waals surface area contributed by atoms with E-state index in [2.05, 4.69) is 20.8 Å². The summed E-state index contributed by atoms with van der Waals surface area (Å²) in [5.41, 5.74) is 0.134. The van der Waals surface area contributed by atoms with Gasteiger partial charge < -0.3 is 4.43 Å². The molecule has 0 unspecified atom stereocenters. The summed E-state index contributed by atoms with van der Waals surface area (Å²) < 4.78 is 32.0. The molecule has 0 aliphatic carbocycles. The molecular formula is C15H22F2O2Si. The highest BCUT2D eigenvalue weighted by Crippen LogP contribution is 2.37. The van der Waals surface area contributed by atoms with Gasteiger partial charge in [-0.05, 0) is 43.3 Å². The minimum Gasteiger partial charge on any atom is -0.407 e. The number of benzene rings is 1. The van der Waals surface area contributed by atoms with Gasteiger partial charge in [0.05, 0.1) is 0 Å². The van der Waals surface area contributed by atoms with Crippen molar-refractivity contribution in [2.75, 3.05) is 0 Å². The maximum Gasteiger partial charge on any atom is 0.193 e. The maximum atomic E-state index is 13.2. The first kappa shape index (κ1) is 17.0. The van der Waals surface area contributed by atoms with Crippen molar-refractivity contribution in [3.63, 3.8) is 0 Å². The van der Waals surface area contributed by atoms with Gasteiger partial charge in [-0.1, -0.05) is 20.8 Å². The minimum atomic E-state index is -2.08. The molecule has 20 heavy (non-hydrogen) atoms. The molecule has 0 bridgehead atoms. The minimum absolute atomic E-state index is 0.0183. The molecule has 1 atom stereocenters. The zero-order chi connectivity index (χ0) is 15.7. The number of Topliss-reactive ketones (excluding diaryl/α,β-unsaturated/α-hetero) is 1. The molecule has 5 heteroatoms. The summed E-state index contributed by atoms with van der Waals surface area (Å²) in [4.78, 5) is 12.2.